The Balaban J connectivity index is 0.00000306. The van der Waals surface area contributed by atoms with Crippen molar-refractivity contribution in [2.45, 2.75) is 26.8 Å². The predicted molar refractivity (Wildman–Crippen MR) is 134 cm³/mol. The number of ether oxygens (including phenoxy) is 1. The van der Waals surface area contributed by atoms with Crippen molar-refractivity contribution in [3.05, 3.63) is 51.2 Å². The fourth-order valence-electron chi connectivity index (χ4n) is 3.64. The topological polar surface area (TPSA) is 80.6 Å². The number of fused-ring (bicyclic) bond motifs is 1. The largest absolute Gasteiger partial charge is 0.379 e. The molecule has 1 fully saturated rings. The van der Waals surface area contributed by atoms with Crippen LogP contribution in [-0.4, -0.2) is 64.7 Å². The van der Waals surface area contributed by atoms with Gasteiger partial charge in [-0.25, -0.2) is 9.97 Å². The SMILES string of the molecule is Cc1ncn(CC(=O)N(CCCN2CCOCC2)c2nc3c(Cl)cccc3s2)c(=O)c1C.Cl. The Kier molecular flexibility index (Phi) is 8.83. The summed E-state index contributed by atoms with van der Waals surface area (Å²) in [6, 6.07) is 5.60. The Bertz CT molecular complexity index is 1180. The normalized spacial score (nSPS) is 14.3. The number of amides is 1. The molecule has 0 N–H and O–H groups in total. The Hall–Kier alpha value is -2.04. The quantitative estimate of drug-likeness (QED) is 0.484. The van der Waals surface area contributed by atoms with Gasteiger partial charge in [-0.15, -0.1) is 12.4 Å². The molecule has 0 unspecified atom stereocenters. The number of hydrogen-bond donors (Lipinski definition) is 0. The summed E-state index contributed by atoms with van der Waals surface area (Å²) in [5, 5.41) is 1.14. The van der Waals surface area contributed by atoms with Crippen LogP contribution in [0.3, 0.4) is 0 Å². The highest BCUT2D eigenvalue weighted by Crippen LogP contribution is 2.33. The van der Waals surface area contributed by atoms with Crippen LogP contribution in [-0.2, 0) is 16.1 Å². The lowest BCUT2D eigenvalue weighted by Crippen LogP contribution is -2.41. The van der Waals surface area contributed by atoms with E-state index in [1.165, 1.54) is 22.2 Å². The average Bonchev–Trinajstić information content (AvgIpc) is 3.23. The molecule has 0 radical (unpaired) electrons. The van der Waals surface area contributed by atoms with E-state index in [-0.39, 0.29) is 30.4 Å². The van der Waals surface area contributed by atoms with Gasteiger partial charge in [0, 0.05) is 37.4 Å². The van der Waals surface area contributed by atoms with Crippen molar-refractivity contribution >= 4 is 56.6 Å². The number of halogens is 2. The maximum Gasteiger partial charge on any atom is 0.256 e. The number of aromatic nitrogens is 3. The third-order valence-electron chi connectivity index (χ3n) is 5.67. The first-order chi connectivity index (χ1) is 15.4. The monoisotopic (exact) mass is 511 g/mol. The highest BCUT2D eigenvalue weighted by molar-refractivity contribution is 7.22. The zero-order chi connectivity index (χ0) is 22.7. The third-order valence-corrected chi connectivity index (χ3v) is 7.02. The molecule has 0 bridgehead atoms. The van der Waals surface area contributed by atoms with Gasteiger partial charge in [0.2, 0.25) is 5.91 Å². The molecule has 0 aliphatic carbocycles. The molecular formula is C22H27Cl2N5O3S. The predicted octanol–water partition coefficient (Wildman–Crippen LogP) is 3.30. The minimum Gasteiger partial charge on any atom is -0.379 e. The number of hydrogen-bond acceptors (Lipinski definition) is 7. The first kappa shape index (κ1) is 25.6. The van der Waals surface area contributed by atoms with Crippen LogP contribution in [0.1, 0.15) is 17.7 Å². The molecular weight excluding hydrogens is 485 g/mol. The number of para-hydroxylation sites is 1. The molecule has 33 heavy (non-hydrogen) atoms. The van der Waals surface area contributed by atoms with Crippen molar-refractivity contribution in [1.29, 1.82) is 0 Å². The number of carbonyl (C=O) groups excluding carboxylic acids is 1. The summed E-state index contributed by atoms with van der Waals surface area (Å²) < 4.78 is 7.69. The van der Waals surface area contributed by atoms with Crippen LogP contribution in [0.5, 0.6) is 0 Å². The molecule has 3 heterocycles. The van der Waals surface area contributed by atoms with Gasteiger partial charge in [-0.2, -0.15) is 0 Å². The van der Waals surface area contributed by atoms with E-state index in [1.54, 1.807) is 24.8 Å². The number of rotatable bonds is 7. The molecule has 4 rings (SSSR count). The molecule has 3 aromatic rings. The van der Waals surface area contributed by atoms with E-state index >= 15 is 0 Å². The van der Waals surface area contributed by atoms with Gasteiger partial charge in [0.15, 0.2) is 5.13 Å². The molecule has 1 aliphatic rings. The summed E-state index contributed by atoms with van der Waals surface area (Å²) in [5.74, 6) is -0.200. The van der Waals surface area contributed by atoms with E-state index in [4.69, 9.17) is 16.3 Å². The smallest absolute Gasteiger partial charge is 0.256 e. The summed E-state index contributed by atoms with van der Waals surface area (Å²) in [7, 11) is 0. The maximum atomic E-state index is 13.3. The molecule has 1 aromatic carbocycles. The fourth-order valence-corrected chi connectivity index (χ4v) is 4.95. The summed E-state index contributed by atoms with van der Waals surface area (Å²) >= 11 is 7.74. The van der Waals surface area contributed by atoms with E-state index < -0.39 is 0 Å². The van der Waals surface area contributed by atoms with Crippen LogP contribution < -0.4 is 10.5 Å². The number of nitrogens with zero attached hydrogens (tertiary/aromatic N) is 5. The first-order valence-corrected chi connectivity index (χ1v) is 11.8. The van der Waals surface area contributed by atoms with Crippen molar-refractivity contribution in [1.82, 2.24) is 19.4 Å². The van der Waals surface area contributed by atoms with Crippen LogP contribution in [0.4, 0.5) is 5.13 Å². The summed E-state index contributed by atoms with van der Waals surface area (Å²) in [4.78, 5) is 38.8. The highest BCUT2D eigenvalue weighted by Gasteiger charge is 2.22. The fraction of sp³-hybridized carbons (Fsp3) is 0.455. The second kappa shape index (κ2) is 11.4. The van der Waals surface area contributed by atoms with E-state index in [0.29, 0.717) is 33.5 Å². The molecule has 1 saturated heterocycles. The minimum atomic E-state index is -0.202. The third kappa shape index (κ3) is 5.91. The summed E-state index contributed by atoms with van der Waals surface area (Å²) in [6.45, 7) is 8.05. The lowest BCUT2D eigenvalue weighted by molar-refractivity contribution is -0.119. The van der Waals surface area contributed by atoms with Crippen molar-refractivity contribution in [3.8, 4) is 0 Å². The number of anilines is 1. The van der Waals surface area contributed by atoms with Crippen molar-refractivity contribution in [3.63, 3.8) is 0 Å². The van der Waals surface area contributed by atoms with Gasteiger partial charge < -0.3 is 4.74 Å². The lowest BCUT2D eigenvalue weighted by atomic mass is 10.2. The van der Waals surface area contributed by atoms with Gasteiger partial charge >= 0.3 is 0 Å². The Morgan fingerprint density at radius 2 is 2.03 bits per heavy atom. The van der Waals surface area contributed by atoms with Crippen LogP contribution >= 0.6 is 35.3 Å². The number of aryl methyl sites for hydroxylation is 1. The Labute approximate surface area is 207 Å². The molecule has 0 atom stereocenters. The number of thiazole rings is 1. The van der Waals surface area contributed by atoms with Crippen LogP contribution in [0.15, 0.2) is 29.3 Å². The Morgan fingerprint density at radius 1 is 1.27 bits per heavy atom. The zero-order valence-corrected chi connectivity index (χ0v) is 21.0. The Morgan fingerprint density at radius 3 is 2.76 bits per heavy atom. The lowest BCUT2D eigenvalue weighted by Gasteiger charge is -2.27. The molecule has 8 nitrogen and oxygen atoms in total. The van der Waals surface area contributed by atoms with Gasteiger partial charge in [-0.05, 0) is 32.4 Å². The van der Waals surface area contributed by atoms with Crippen LogP contribution in [0, 0.1) is 13.8 Å². The van der Waals surface area contributed by atoms with E-state index in [2.05, 4.69) is 14.9 Å². The van der Waals surface area contributed by atoms with E-state index in [0.717, 1.165) is 44.0 Å². The molecule has 11 heteroatoms. The minimum absolute atomic E-state index is 0. The van der Waals surface area contributed by atoms with Gasteiger partial charge in [0.1, 0.15) is 12.1 Å². The second-order valence-corrected chi connectivity index (χ2v) is 9.24. The molecule has 1 amide bonds. The van der Waals surface area contributed by atoms with Crippen LogP contribution in [0.2, 0.25) is 5.02 Å². The number of benzene rings is 1. The maximum absolute atomic E-state index is 13.3. The van der Waals surface area contributed by atoms with Crippen molar-refractivity contribution in [2.75, 3.05) is 44.3 Å². The van der Waals surface area contributed by atoms with Crippen LogP contribution in [0.25, 0.3) is 10.2 Å². The van der Waals surface area contributed by atoms with Gasteiger partial charge in [-0.1, -0.05) is 29.0 Å². The standard InChI is InChI=1S/C22H26ClN5O3S.ClH/c1-15-16(2)24-14-27(21(15)30)13-19(29)28(8-4-7-26-9-11-31-12-10-26)22-25-20-17(23)5-3-6-18(20)32-22;/h3,5-6,14H,4,7-13H2,1-2H3;1H. The highest BCUT2D eigenvalue weighted by atomic mass is 35.5. The first-order valence-electron chi connectivity index (χ1n) is 10.6. The molecule has 0 saturated carbocycles. The molecule has 0 spiro atoms. The number of morpholine rings is 1. The number of carbonyl (C=O) groups is 1. The van der Waals surface area contributed by atoms with Gasteiger partial charge in [0.25, 0.3) is 5.56 Å². The molecule has 1 aliphatic heterocycles. The average molecular weight is 512 g/mol. The molecule has 178 valence electrons. The van der Waals surface area contributed by atoms with Gasteiger partial charge in [-0.3, -0.25) is 24.0 Å². The van der Waals surface area contributed by atoms with Gasteiger partial charge in [0.05, 0.1) is 29.3 Å². The molecule has 2 aromatic heterocycles. The van der Waals surface area contributed by atoms with E-state index in [9.17, 15) is 9.59 Å². The zero-order valence-electron chi connectivity index (χ0n) is 18.6. The summed E-state index contributed by atoms with van der Waals surface area (Å²) in [6.07, 6.45) is 2.22. The summed E-state index contributed by atoms with van der Waals surface area (Å²) in [5.41, 5.74) is 1.70. The van der Waals surface area contributed by atoms with Crippen molar-refractivity contribution < 1.29 is 9.53 Å². The van der Waals surface area contributed by atoms with E-state index in [1.807, 2.05) is 12.1 Å². The second-order valence-electron chi connectivity index (χ2n) is 7.82. The van der Waals surface area contributed by atoms with Crippen molar-refractivity contribution in [2.24, 2.45) is 0 Å².